The van der Waals surface area contributed by atoms with Crippen molar-refractivity contribution in [1.29, 1.82) is 0 Å². The molecule has 0 radical (unpaired) electrons. The van der Waals surface area contributed by atoms with Gasteiger partial charge in [0.25, 0.3) is 0 Å². The van der Waals surface area contributed by atoms with Crippen LogP contribution in [0.2, 0.25) is 0 Å². The number of benzene rings is 1. The van der Waals surface area contributed by atoms with Gasteiger partial charge in [-0.05, 0) is 35.4 Å². The van der Waals surface area contributed by atoms with Crippen LogP contribution in [0.4, 0.5) is 0 Å². The van der Waals surface area contributed by atoms with E-state index in [1.807, 2.05) is 0 Å². The van der Waals surface area contributed by atoms with E-state index in [0.717, 1.165) is 19.5 Å². The third-order valence-electron chi connectivity index (χ3n) is 3.99. The Hall–Kier alpha value is -0.860. The van der Waals surface area contributed by atoms with Gasteiger partial charge in [-0.2, -0.15) is 0 Å². The molecule has 1 rings (SSSR count). The molecule has 1 aromatic rings. The smallest absolute Gasteiger partial charge is 0.0208 e. The normalized spacial score (nSPS) is 12.1. The van der Waals surface area contributed by atoms with Gasteiger partial charge in [-0.1, -0.05) is 52.0 Å². The number of nitrogens with one attached hydrogen (secondary N) is 1. The highest BCUT2D eigenvalue weighted by Gasteiger charge is 2.21. The van der Waals surface area contributed by atoms with E-state index in [1.165, 1.54) is 11.1 Å². The first-order valence-corrected chi connectivity index (χ1v) is 6.95. The van der Waals surface area contributed by atoms with Crippen LogP contribution in [0.1, 0.15) is 38.8 Å². The molecule has 1 aromatic carbocycles. The van der Waals surface area contributed by atoms with E-state index >= 15 is 0 Å². The summed E-state index contributed by atoms with van der Waals surface area (Å²) in [5, 5.41) is 3.58. The topological polar surface area (TPSA) is 38.0 Å². The first-order chi connectivity index (χ1) is 8.47. The molecule has 0 spiro atoms. The van der Waals surface area contributed by atoms with Crippen LogP contribution in [0.3, 0.4) is 0 Å². The number of nitrogens with two attached hydrogens (primary N) is 1. The summed E-state index contributed by atoms with van der Waals surface area (Å²) in [7, 11) is 0. The molecule has 0 bridgehead atoms. The highest BCUT2D eigenvalue weighted by atomic mass is 14.9. The van der Waals surface area contributed by atoms with Gasteiger partial charge >= 0.3 is 0 Å². The average molecular weight is 248 g/mol. The fourth-order valence-corrected chi connectivity index (χ4v) is 1.85. The molecular formula is C16H28N2. The lowest BCUT2D eigenvalue weighted by Crippen LogP contribution is -2.33. The van der Waals surface area contributed by atoms with E-state index in [2.05, 4.69) is 57.3 Å². The van der Waals surface area contributed by atoms with Crippen molar-refractivity contribution in [3.63, 3.8) is 0 Å². The maximum atomic E-state index is 5.65. The molecule has 0 aromatic heterocycles. The second kappa shape index (κ2) is 6.91. The van der Waals surface area contributed by atoms with Crippen LogP contribution in [-0.2, 0) is 13.0 Å². The standard InChI is InChI=1S/C16H28N2/c1-13(2)16(3,4)12-18-11-15-8-6-5-7-14(15)9-10-17/h5-8,13,18H,9-12,17H2,1-4H3. The molecule has 0 atom stereocenters. The maximum Gasteiger partial charge on any atom is 0.0208 e. The van der Waals surface area contributed by atoms with E-state index in [4.69, 9.17) is 5.73 Å². The van der Waals surface area contributed by atoms with Gasteiger partial charge in [-0.15, -0.1) is 0 Å². The third kappa shape index (κ3) is 4.43. The zero-order valence-electron chi connectivity index (χ0n) is 12.3. The van der Waals surface area contributed by atoms with Gasteiger partial charge in [-0.3, -0.25) is 0 Å². The Morgan fingerprint density at radius 3 is 2.33 bits per heavy atom. The molecule has 0 heterocycles. The summed E-state index contributed by atoms with van der Waals surface area (Å²) in [4.78, 5) is 0. The molecule has 0 saturated heterocycles. The summed E-state index contributed by atoms with van der Waals surface area (Å²) in [5.41, 5.74) is 8.73. The lowest BCUT2D eigenvalue weighted by atomic mass is 9.81. The van der Waals surface area contributed by atoms with Crippen LogP contribution >= 0.6 is 0 Å². The maximum absolute atomic E-state index is 5.65. The average Bonchev–Trinajstić information content (AvgIpc) is 2.31. The Labute approximate surface area is 112 Å². The van der Waals surface area contributed by atoms with E-state index in [-0.39, 0.29) is 0 Å². The van der Waals surface area contributed by atoms with Gasteiger partial charge < -0.3 is 11.1 Å². The van der Waals surface area contributed by atoms with Gasteiger partial charge in [0.05, 0.1) is 0 Å². The van der Waals surface area contributed by atoms with Crippen LogP contribution in [0.25, 0.3) is 0 Å². The molecule has 0 aliphatic carbocycles. The van der Waals surface area contributed by atoms with Gasteiger partial charge in [0.2, 0.25) is 0 Å². The van der Waals surface area contributed by atoms with Crippen LogP contribution in [0.15, 0.2) is 24.3 Å². The van der Waals surface area contributed by atoms with E-state index in [0.29, 0.717) is 17.9 Å². The van der Waals surface area contributed by atoms with Crippen LogP contribution in [0.5, 0.6) is 0 Å². The molecule has 0 saturated carbocycles. The molecule has 2 heteroatoms. The Kier molecular flexibility index (Phi) is 5.83. The second-order valence-electron chi connectivity index (χ2n) is 6.05. The van der Waals surface area contributed by atoms with Crippen molar-refractivity contribution in [3.8, 4) is 0 Å². The minimum absolute atomic E-state index is 0.336. The second-order valence-corrected chi connectivity index (χ2v) is 6.05. The van der Waals surface area contributed by atoms with Crippen molar-refractivity contribution in [2.24, 2.45) is 17.1 Å². The van der Waals surface area contributed by atoms with Crippen molar-refractivity contribution < 1.29 is 0 Å². The molecule has 3 N–H and O–H groups in total. The van der Waals surface area contributed by atoms with Gasteiger partial charge in [0.15, 0.2) is 0 Å². The van der Waals surface area contributed by atoms with Crippen molar-refractivity contribution in [2.45, 2.75) is 40.7 Å². The molecule has 18 heavy (non-hydrogen) atoms. The Bertz CT molecular complexity index is 356. The van der Waals surface area contributed by atoms with Gasteiger partial charge in [-0.25, -0.2) is 0 Å². The highest BCUT2D eigenvalue weighted by Crippen LogP contribution is 2.24. The molecule has 2 nitrogen and oxygen atoms in total. The van der Waals surface area contributed by atoms with Crippen LogP contribution in [-0.4, -0.2) is 13.1 Å². The van der Waals surface area contributed by atoms with Gasteiger partial charge in [0, 0.05) is 13.1 Å². The zero-order chi connectivity index (χ0) is 13.6. The lowest BCUT2D eigenvalue weighted by molar-refractivity contribution is 0.238. The summed E-state index contributed by atoms with van der Waals surface area (Å²) < 4.78 is 0. The third-order valence-corrected chi connectivity index (χ3v) is 3.99. The molecule has 0 aliphatic heterocycles. The number of rotatable bonds is 7. The number of hydrogen-bond donors (Lipinski definition) is 2. The summed E-state index contributed by atoms with van der Waals surface area (Å²) in [6, 6.07) is 8.56. The fraction of sp³-hybridized carbons (Fsp3) is 0.625. The minimum Gasteiger partial charge on any atom is -0.330 e. The molecule has 0 unspecified atom stereocenters. The predicted octanol–water partition coefficient (Wildman–Crippen LogP) is 2.96. The van der Waals surface area contributed by atoms with Crippen LogP contribution < -0.4 is 11.1 Å². The first-order valence-electron chi connectivity index (χ1n) is 6.95. The number of hydrogen-bond acceptors (Lipinski definition) is 2. The quantitative estimate of drug-likeness (QED) is 0.778. The van der Waals surface area contributed by atoms with Crippen molar-refractivity contribution in [2.75, 3.05) is 13.1 Å². The van der Waals surface area contributed by atoms with E-state index in [9.17, 15) is 0 Å². The fourth-order valence-electron chi connectivity index (χ4n) is 1.85. The first kappa shape index (κ1) is 15.2. The molecular weight excluding hydrogens is 220 g/mol. The molecule has 0 fully saturated rings. The van der Waals surface area contributed by atoms with Crippen LogP contribution in [0, 0.1) is 11.3 Å². The van der Waals surface area contributed by atoms with Crippen molar-refractivity contribution in [3.05, 3.63) is 35.4 Å². The molecule has 0 aliphatic rings. The lowest BCUT2D eigenvalue weighted by Gasteiger charge is -2.29. The monoisotopic (exact) mass is 248 g/mol. The molecule has 102 valence electrons. The minimum atomic E-state index is 0.336. The largest absolute Gasteiger partial charge is 0.330 e. The predicted molar refractivity (Wildman–Crippen MR) is 79.5 cm³/mol. The summed E-state index contributed by atoms with van der Waals surface area (Å²) in [5.74, 6) is 0.685. The highest BCUT2D eigenvalue weighted by molar-refractivity contribution is 5.27. The SMILES string of the molecule is CC(C)C(C)(C)CNCc1ccccc1CCN. The Morgan fingerprint density at radius 1 is 1.17 bits per heavy atom. The molecule has 0 amide bonds. The summed E-state index contributed by atoms with van der Waals surface area (Å²) >= 11 is 0. The summed E-state index contributed by atoms with van der Waals surface area (Å²) in [6.07, 6.45) is 0.964. The zero-order valence-corrected chi connectivity index (χ0v) is 12.3. The van der Waals surface area contributed by atoms with Crippen molar-refractivity contribution in [1.82, 2.24) is 5.32 Å². The van der Waals surface area contributed by atoms with Gasteiger partial charge in [0.1, 0.15) is 0 Å². The Morgan fingerprint density at radius 2 is 1.78 bits per heavy atom. The summed E-state index contributed by atoms with van der Waals surface area (Å²) in [6.45, 7) is 11.9. The van der Waals surface area contributed by atoms with E-state index in [1.54, 1.807) is 0 Å². The van der Waals surface area contributed by atoms with E-state index < -0.39 is 0 Å². The van der Waals surface area contributed by atoms with Crippen molar-refractivity contribution >= 4 is 0 Å². The Balaban J connectivity index is 2.53.